The number of carbonyl (C=O) groups excluding carboxylic acids is 2. The van der Waals surface area contributed by atoms with E-state index < -0.39 is 6.04 Å². The zero-order valence-corrected chi connectivity index (χ0v) is 16.9. The Hall–Kier alpha value is -2.04. The summed E-state index contributed by atoms with van der Waals surface area (Å²) in [4.78, 5) is 28.3. The Morgan fingerprint density at radius 1 is 1.00 bits per heavy atom. The number of hydrogen-bond acceptors (Lipinski definition) is 2. The maximum atomic E-state index is 13.3. The van der Waals surface area contributed by atoms with E-state index in [9.17, 15) is 9.59 Å². The van der Waals surface area contributed by atoms with Gasteiger partial charge in [-0.3, -0.25) is 9.59 Å². The molecule has 3 unspecified atom stereocenters. The van der Waals surface area contributed by atoms with Crippen LogP contribution in [0.1, 0.15) is 42.5 Å². The van der Waals surface area contributed by atoms with E-state index in [2.05, 4.69) is 5.32 Å². The van der Waals surface area contributed by atoms with Crippen molar-refractivity contribution in [3.63, 3.8) is 0 Å². The zero-order valence-electron chi connectivity index (χ0n) is 15.4. The third kappa shape index (κ3) is 3.76. The van der Waals surface area contributed by atoms with E-state index in [0.717, 1.165) is 25.7 Å². The zero-order chi connectivity index (χ0) is 19.7. The summed E-state index contributed by atoms with van der Waals surface area (Å²) in [7, 11) is 0. The first-order chi connectivity index (χ1) is 13.5. The Balaban J connectivity index is 1.63. The molecule has 2 aromatic rings. The van der Waals surface area contributed by atoms with Crippen LogP contribution < -0.4 is 5.32 Å². The molecule has 1 saturated heterocycles. The fourth-order valence-corrected chi connectivity index (χ4v) is 4.91. The van der Waals surface area contributed by atoms with Gasteiger partial charge in [0.1, 0.15) is 6.04 Å². The molecule has 28 heavy (non-hydrogen) atoms. The van der Waals surface area contributed by atoms with Gasteiger partial charge < -0.3 is 10.2 Å². The molecule has 0 spiro atoms. The van der Waals surface area contributed by atoms with Crippen molar-refractivity contribution in [1.29, 1.82) is 0 Å². The predicted octanol–water partition coefficient (Wildman–Crippen LogP) is 5.41. The number of anilines is 1. The van der Waals surface area contributed by atoms with Gasteiger partial charge in [-0.15, -0.1) is 0 Å². The Morgan fingerprint density at radius 3 is 2.57 bits per heavy atom. The number of rotatable bonds is 3. The molecule has 4 rings (SSSR count). The van der Waals surface area contributed by atoms with Crippen molar-refractivity contribution in [3.8, 4) is 0 Å². The minimum atomic E-state index is -0.504. The van der Waals surface area contributed by atoms with Crippen LogP contribution in [0, 0.1) is 5.92 Å². The van der Waals surface area contributed by atoms with Crippen molar-refractivity contribution in [2.45, 2.75) is 44.2 Å². The largest absolute Gasteiger partial charge is 0.323 e. The van der Waals surface area contributed by atoms with E-state index in [1.54, 1.807) is 41.3 Å². The van der Waals surface area contributed by atoms with Gasteiger partial charge >= 0.3 is 0 Å². The third-order valence-electron chi connectivity index (χ3n) is 5.83. The Morgan fingerprint density at radius 2 is 1.79 bits per heavy atom. The highest BCUT2D eigenvalue weighted by Crippen LogP contribution is 2.41. The molecule has 3 atom stereocenters. The molecule has 4 nitrogen and oxygen atoms in total. The smallest absolute Gasteiger partial charge is 0.254 e. The summed E-state index contributed by atoms with van der Waals surface area (Å²) in [5, 5.41) is 3.92. The first kappa shape index (κ1) is 19.3. The maximum absolute atomic E-state index is 13.3. The summed E-state index contributed by atoms with van der Waals surface area (Å²) < 4.78 is 0. The highest BCUT2D eigenvalue weighted by molar-refractivity contribution is 6.33. The molecule has 1 saturated carbocycles. The second kappa shape index (κ2) is 8.14. The Kier molecular flexibility index (Phi) is 5.61. The van der Waals surface area contributed by atoms with Gasteiger partial charge in [0.15, 0.2) is 0 Å². The topological polar surface area (TPSA) is 49.4 Å². The highest BCUT2D eigenvalue weighted by Gasteiger charge is 2.47. The molecule has 0 radical (unpaired) electrons. The van der Waals surface area contributed by atoms with Crippen LogP contribution in [0.15, 0.2) is 48.5 Å². The van der Waals surface area contributed by atoms with Gasteiger partial charge in [-0.1, -0.05) is 54.2 Å². The van der Waals surface area contributed by atoms with Gasteiger partial charge in [-0.05, 0) is 55.5 Å². The summed E-state index contributed by atoms with van der Waals surface area (Å²) in [6.07, 6.45) is 4.92. The van der Waals surface area contributed by atoms with Crippen molar-refractivity contribution in [3.05, 3.63) is 64.1 Å². The lowest BCUT2D eigenvalue weighted by molar-refractivity contribution is -0.120. The molecular weight excluding hydrogens is 395 g/mol. The molecule has 1 heterocycles. The van der Waals surface area contributed by atoms with Gasteiger partial charge in [0.25, 0.3) is 5.91 Å². The minimum Gasteiger partial charge on any atom is -0.323 e. The van der Waals surface area contributed by atoms with E-state index in [-0.39, 0.29) is 17.9 Å². The second-order valence-corrected chi connectivity index (χ2v) is 8.40. The van der Waals surface area contributed by atoms with Crippen molar-refractivity contribution < 1.29 is 9.59 Å². The van der Waals surface area contributed by atoms with E-state index in [4.69, 9.17) is 23.2 Å². The van der Waals surface area contributed by atoms with Crippen LogP contribution >= 0.6 is 23.2 Å². The number of likely N-dealkylation sites (tertiary alicyclic amines) is 1. The summed E-state index contributed by atoms with van der Waals surface area (Å²) in [5.74, 6) is 0.0490. The summed E-state index contributed by atoms with van der Waals surface area (Å²) in [6.45, 7) is 0. The lowest BCUT2D eigenvalue weighted by Gasteiger charge is -2.33. The third-order valence-corrected chi connectivity index (χ3v) is 6.39. The van der Waals surface area contributed by atoms with Gasteiger partial charge in [-0.2, -0.15) is 0 Å². The fourth-order valence-electron chi connectivity index (χ4n) is 4.54. The summed E-state index contributed by atoms with van der Waals surface area (Å²) in [5.41, 5.74) is 1.09. The van der Waals surface area contributed by atoms with Gasteiger partial charge in [0, 0.05) is 16.6 Å². The van der Waals surface area contributed by atoms with Crippen molar-refractivity contribution >= 4 is 40.7 Å². The molecule has 6 heteroatoms. The second-order valence-electron chi connectivity index (χ2n) is 7.56. The number of nitrogens with zero attached hydrogens (tertiary/aromatic N) is 1. The van der Waals surface area contributed by atoms with Gasteiger partial charge in [0.05, 0.1) is 10.7 Å². The lowest BCUT2D eigenvalue weighted by Crippen LogP contribution is -2.47. The first-order valence-electron chi connectivity index (χ1n) is 9.68. The SMILES string of the molecule is O=C(Nc1ccccc1Cl)C1CC2CCCCC2N1C(=O)c1cccc(Cl)c1. The van der Waals surface area contributed by atoms with Crippen LogP contribution in [0.25, 0.3) is 0 Å². The number of amides is 2. The molecule has 1 aliphatic carbocycles. The lowest BCUT2D eigenvalue weighted by atomic mass is 9.84. The average molecular weight is 417 g/mol. The van der Waals surface area contributed by atoms with Crippen molar-refractivity contribution in [2.75, 3.05) is 5.32 Å². The number of fused-ring (bicyclic) bond motifs is 1. The number of benzene rings is 2. The number of carbonyl (C=O) groups is 2. The molecule has 2 fully saturated rings. The van der Waals surface area contributed by atoms with Gasteiger partial charge in [-0.25, -0.2) is 0 Å². The van der Waals surface area contributed by atoms with Crippen LogP contribution in [0.5, 0.6) is 0 Å². The quantitative estimate of drug-likeness (QED) is 0.727. The first-order valence-corrected chi connectivity index (χ1v) is 10.4. The highest BCUT2D eigenvalue weighted by atomic mass is 35.5. The van der Waals surface area contributed by atoms with Crippen molar-refractivity contribution in [2.24, 2.45) is 5.92 Å². The standard InChI is InChI=1S/C22H22Cl2N2O2/c23-16-8-5-7-15(12-16)22(28)26-19-11-4-1-6-14(19)13-20(26)21(27)25-18-10-3-2-9-17(18)24/h2-3,5,7-10,12,14,19-20H,1,4,6,11,13H2,(H,25,27). The molecule has 1 N–H and O–H groups in total. The van der Waals surface area contributed by atoms with Crippen LogP contribution in [0.4, 0.5) is 5.69 Å². The number of halogens is 2. The number of nitrogens with one attached hydrogen (secondary N) is 1. The molecular formula is C22H22Cl2N2O2. The normalized spacial score (nSPS) is 23.9. The minimum absolute atomic E-state index is 0.0993. The fraction of sp³-hybridized carbons (Fsp3) is 0.364. The van der Waals surface area contributed by atoms with Crippen LogP contribution in [-0.2, 0) is 4.79 Å². The Bertz CT molecular complexity index is 902. The molecule has 2 aromatic carbocycles. The van der Waals surface area contributed by atoms with Crippen LogP contribution in [0.3, 0.4) is 0 Å². The molecule has 1 aliphatic heterocycles. The van der Waals surface area contributed by atoms with E-state index >= 15 is 0 Å². The van der Waals surface area contributed by atoms with E-state index in [1.807, 2.05) is 12.1 Å². The summed E-state index contributed by atoms with van der Waals surface area (Å²) >= 11 is 12.3. The van der Waals surface area contributed by atoms with Gasteiger partial charge in [0.2, 0.25) is 5.91 Å². The molecule has 2 amide bonds. The van der Waals surface area contributed by atoms with Crippen molar-refractivity contribution in [1.82, 2.24) is 4.90 Å². The molecule has 0 bridgehead atoms. The van der Waals surface area contributed by atoms with E-state index in [0.29, 0.717) is 33.6 Å². The predicted molar refractivity (Wildman–Crippen MR) is 112 cm³/mol. The monoisotopic (exact) mass is 416 g/mol. The number of hydrogen-bond donors (Lipinski definition) is 1. The average Bonchev–Trinajstić information content (AvgIpc) is 3.09. The molecule has 146 valence electrons. The van der Waals surface area contributed by atoms with Crippen LogP contribution in [-0.4, -0.2) is 28.8 Å². The Labute approximate surface area is 174 Å². The van der Waals surface area contributed by atoms with E-state index in [1.165, 1.54) is 0 Å². The summed E-state index contributed by atoms with van der Waals surface area (Å²) in [6, 6.07) is 13.7. The van der Waals surface area contributed by atoms with Crippen LogP contribution in [0.2, 0.25) is 10.0 Å². The molecule has 0 aromatic heterocycles. The number of para-hydroxylation sites is 1. The molecule has 2 aliphatic rings. The maximum Gasteiger partial charge on any atom is 0.254 e.